The Balaban J connectivity index is 1.80. The van der Waals surface area contributed by atoms with E-state index < -0.39 is 6.04 Å². The normalized spacial score (nSPS) is 11.7. The van der Waals surface area contributed by atoms with Crippen LogP contribution in [0.3, 0.4) is 0 Å². The van der Waals surface area contributed by atoms with Crippen molar-refractivity contribution in [2.75, 3.05) is 31.3 Å². The third kappa shape index (κ3) is 6.48. The molecule has 172 valence electrons. The maximum absolute atomic E-state index is 13.4. The Kier molecular flexibility index (Phi) is 8.33. The molecule has 0 aliphatic rings. The second-order valence-corrected chi connectivity index (χ2v) is 8.41. The lowest BCUT2D eigenvalue weighted by Crippen LogP contribution is -2.39. The van der Waals surface area contributed by atoms with Gasteiger partial charge in [-0.25, -0.2) is 0 Å². The van der Waals surface area contributed by atoms with Gasteiger partial charge in [0.15, 0.2) is 0 Å². The Hall–Kier alpha value is -3.06. The summed E-state index contributed by atoms with van der Waals surface area (Å²) < 4.78 is 5.38. The monoisotopic (exact) mass is 485 g/mol. The van der Waals surface area contributed by atoms with E-state index >= 15 is 0 Å². The Labute approximate surface area is 203 Å². The van der Waals surface area contributed by atoms with Crippen LogP contribution in [0.2, 0.25) is 10.0 Å². The fraction of sp³-hybridized carbons (Fsp3) is 0.200. The van der Waals surface area contributed by atoms with E-state index in [2.05, 4.69) is 10.6 Å². The van der Waals surface area contributed by atoms with E-state index in [1.807, 2.05) is 49.4 Å². The molecule has 33 heavy (non-hydrogen) atoms. The molecule has 0 aromatic heterocycles. The summed E-state index contributed by atoms with van der Waals surface area (Å²) in [5.74, 6) is -0.0199. The number of hydrogen-bond donors (Lipinski definition) is 2. The number of nitrogens with one attached hydrogen (secondary N) is 2. The van der Waals surface area contributed by atoms with Crippen LogP contribution in [-0.4, -0.2) is 37.4 Å². The standard InChI is InChI=1S/C25H25Cl2N3O3/c1-16-9-12-22(33-3)21(13-16)29-25(32)24(17-7-5-4-6-8-17)30(2)15-23(31)28-18-10-11-19(26)20(27)14-18/h4-14,24H,15H2,1-3H3,(H,28,31)(H,29,32)/t24-/m0/s1. The van der Waals surface area contributed by atoms with Crippen LogP contribution in [0.5, 0.6) is 5.75 Å². The molecule has 0 radical (unpaired) electrons. The van der Waals surface area contributed by atoms with Gasteiger partial charge in [0.1, 0.15) is 11.8 Å². The zero-order valence-electron chi connectivity index (χ0n) is 18.6. The minimum atomic E-state index is -0.712. The lowest BCUT2D eigenvalue weighted by molar-refractivity contribution is -0.123. The lowest BCUT2D eigenvalue weighted by Gasteiger charge is -2.27. The van der Waals surface area contributed by atoms with E-state index in [0.717, 1.165) is 11.1 Å². The predicted molar refractivity (Wildman–Crippen MR) is 133 cm³/mol. The van der Waals surface area contributed by atoms with E-state index in [1.165, 1.54) is 0 Å². The molecular weight excluding hydrogens is 461 g/mol. The van der Waals surface area contributed by atoms with E-state index in [-0.39, 0.29) is 18.4 Å². The number of benzene rings is 3. The Morgan fingerprint density at radius 2 is 1.70 bits per heavy atom. The van der Waals surface area contributed by atoms with Gasteiger partial charge in [0, 0.05) is 5.69 Å². The average molecular weight is 486 g/mol. The van der Waals surface area contributed by atoms with Gasteiger partial charge in [0.2, 0.25) is 11.8 Å². The number of rotatable bonds is 8. The molecular formula is C25H25Cl2N3O3. The number of carbonyl (C=O) groups excluding carboxylic acids is 2. The van der Waals surface area contributed by atoms with Gasteiger partial charge < -0.3 is 15.4 Å². The third-order valence-electron chi connectivity index (χ3n) is 5.01. The number of aryl methyl sites for hydroxylation is 1. The number of amides is 2. The summed E-state index contributed by atoms with van der Waals surface area (Å²) in [4.78, 5) is 27.8. The number of halogens is 2. The first-order valence-electron chi connectivity index (χ1n) is 10.2. The van der Waals surface area contributed by atoms with Crippen molar-refractivity contribution in [3.05, 3.63) is 87.9 Å². The molecule has 0 aliphatic heterocycles. The number of nitrogens with zero attached hydrogens (tertiary/aromatic N) is 1. The van der Waals surface area contributed by atoms with Crippen molar-refractivity contribution < 1.29 is 14.3 Å². The van der Waals surface area contributed by atoms with Gasteiger partial charge in [0.05, 0.1) is 29.4 Å². The number of anilines is 2. The molecule has 0 fully saturated rings. The average Bonchev–Trinajstić information content (AvgIpc) is 2.77. The van der Waals surface area contributed by atoms with Crippen LogP contribution in [-0.2, 0) is 9.59 Å². The van der Waals surface area contributed by atoms with E-state index in [0.29, 0.717) is 27.2 Å². The van der Waals surface area contributed by atoms with Crippen LogP contribution in [0, 0.1) is 6.92 Å². The van der Waals surface area contributed by atoms with Crippen molar-refractivity contribution in [2.45, 2.75) is 13.0 Å². The zero-order valence-corrected chi connectivity index (χ0v) is 20.1. The van der Waals surface area contributed by atoms with Crippen molar-refractivity contribution in [3.63, 3.8) is 0 Å². The molecule has 0 saturated heterocycles. The first-order valence-corrected chi connectivity index (χ1v) is 11.0. The smallest absolute Gasteiger partial charge is 0.246 e. The highest BCUT2D eigenvalue weighted by Crippen LogP contribution is 2.29. The van der Waals surface area contributed by atoms with Crippen molar-refractivity contribution in [2.24, 2.45) is 0 Å². The highest BCUT2D eigenvalue weighted by Gasteiger charge is 2.27. The van der Waals surface area contributed by atoms with Crippen molar-refractivity contribution in [1.82, 2.24) is 4.90 Å². The second kappa shape index (κ2) is 11.2. The summed E-state index contributed by atoms with van der Waals surface area (Å²) >= 11 is 12.0. The van der Waals surface area contributed by atoms with Gasteiger partial charge in [-0.3, -0.25) is 14.5 Å². The molecule has 2 amide bonds. The first kappa shape index (κ1) is 24.6. The molecule has 0 saturated carbocycles. The Morgan fingerprint density at radius 3 is 2.36 bits per heavy atom. The first-order chi connectivity index (χ1) is 15.8. The summed E-state index contributed by atoms with van der Waals surface area (Å²) in [5, 5.41) is 6.48. The summed E-state index contributed by atoms with van der Waals surface area (Å²) in [7, 11) is 3.27. The predicted octanol–water partition coefficient (Wildman–Crippen LogP) is 5.56. The lowest BCUT2D eigenvalue weighted by atomic mass is 10.0. The van der Waals surface area contributed by atoms with Gasteiger partial charge in [-0.05, 0) is 55.4 Å². The number of hydrogen-bond acceptors (Lipinski definition) is 4. The molecule has 3 rings (SSSR count). The number of carbonyl (C=O) groups is 2. The summed E-state index contributed by atoms with van der Waals surface area (Å²) in [6, 6.07) is 19.0. The van der Waals surface area contributed by atoms with Gasteiger partial charge in [-0.15, -0.1) is 0 Å². The minimum absolute atomic E-state index is 0.0296. The van der Waals surface area contributed by atoms with Crippen LogP contribution >= 0.6 is 23.2 Å². The van der Waals surface area contributed by atoms with E-state index in [4.69, 9.17) is 27.9 Å². The maximum Gasteiger partial charge on any atom is 0.246 e. The summed E-state index contributed by atoms with van der Waals surface area (Å²) in [6.07, 6.45) is 0. The van der Waals surface area contributed by atoms with Crippen molar-refractivity contribution >= 4 is 46.4 Å². The fourth-order valence-corrected chi connectivity index (χ4v) is 3.75. The number of methoxy groups -OCH3 is 1. The van der Waals surface area contributed by atoms with E-state index in [9.17, 15) is 9.59 Å². The van der Waals surface area contributed by atoms with Gasteiger partial charge in [-0.2, -0.15) is 0 Å². The van der Waals surface area contributed by atoms with Gasteiger partial charge >= 0.3 is 0 Å². The van der Waals surface area contributed by atoms with Gasteiger partial charge in [0.25, 0.3) is 0 Å². The van der Waals surface area contributed by atoms with Crippen LogP contribution < -0.4 is 15.4 Å². The van der Waals surface area contributed by atoms with Gasteiger partial charge in [-0.1, -0.05) is 59.6 Å². The Morgan fingerprint density at radius 1 is 0.970 bits per heavy atom. The molecule has 0 spiro atoms. The summed E-state index contributed by atoms with van der Waals surface area (Å²) in [5.41, 5.74) is 2.83. The van der Waals surface area contributed by atoms with Crippen molar-refractivity contribution in [1.29, 1.82) is 0 Å². The zero-order chi connectivity index (χ0) is 24.0. The molecule has 2 N–H and O–H groups in total. The van der Waals surface area contributed by atoms with Crippen molar-refractivity contribution in [3.8, 4) is 5.75 Å². The largest absolute Gasteiger partial charge is 0.495 e. The number of likely N-dealkylation sites (N-methyl/N-ethyl adjacent to an activating group) is 1. The third-order valence-corrected chi connectivity index (χ3v) is 5.75. The quantitative estimate of drug-likeness (QED) is 0.438. The Bertz CT molecular complexity index is 1140. The summed E-state index contributed by atoms with van der Waals surface area (Å²) in [6.45, 7) is 1.90. The highest BCUT2D eigenvalue weighted by atomic mass is 35.5. The SMILES string of the molecule is COc1ccc(C)cc1NC(=O)[C@H](c1ccccc1)N(C)CC(=O)Nc1ccc(Cl)c(Cl)c1. The molecule has 0 unspecified atom stereocenters. The molecule has 1 atom stereocenters. The molecule has 0 aliphatic carbocycles. The molecule has 6 nitrogen and oxygen atoms in total. The molecule has 3 aromatic rings. The molecule has 0 bridgehead atoms. The fourth-order valence-electron chi connectivity index (χ4n) is 3.45. The van der Waals surface area contributed by atoms with Crippen LogP contribution in [0.1, 0.15) is 17.2 Å². The minimum Gasteiger partial charge on any atom is -0.495 e. The second-order valence-electron chi connectivity index (χ2n) is 7.60. The highest BCUT2D eigenvalue weighted by molar-refractivity contribution is 6.42. The molecule has 8 heteroatoms. The van der Waals surface area contributed by atoms with Crippen LogP contribution in [0.25, 0.3) is 0 Å². The molecule has 0 heterocycles. The van der Waals surface area contributed by atoms with Crippen LogP contribution in [0.15, 0.2) is 66.7 Å². The molecule has 3 aromatic carbocycles. The van der Waals surface area contributed by atoms with E-state index in [1.54, 1.807) is 43.3 Å². The topological polar surface area (TPSA) is 70.7 Å². The maximum atomic E-state index is 13.4. The number of ether oxygens (including phenoxy) is 1. The van der Waals surface area contributed by atoms with Crippen LogP contribution in [0.4, 0.5) is 11.4 Å².